The van der Waals surface area contributed by atoms with Gasteiger partial charge in [0.15, 0.2) is 0 Å². The number of hydrogen-bond donors (Lipinski definition) is 1. The van der Waals surface area contributed by atoms with Crippen LogP contribution < -0.4 is 10.2 Å². The predicted molar refractivity (Wildman–Crippen MR) is 89.9 cm³/mol. The van der Waals surface area contributed by atoms with Gasteiger partial charge in [-0.05, 0) is 51.9 Å². The summed E-state index contributed by atoms with van der Waals surface area (Å²) < 4.78 is 0. The van der Waals surface area contributed by atoms with Crippen molar-refractivity contribution in [3.05, 3.63) is 23.4 Å². The van der Waals surface area contributed by atoms with Crippen LogP contribution in [0.5, 0.6) is 0 Å². The summed E-state index contributed by atoms with van der Waals surface area (Å²) in [6.07, 6.45) is 0.993. The number of piperazine rings is 1. The minimum Gasteiger partial charge on any atom is -0.354 e. The third-order valence-electron chi connectivity index (χ3n) is 4.22. The highest BCUT2D eigenvalue weighted by Gasteiger charge is 2.26. The Morgan fingerprint density at radius 3 is 2.33 bits per heavy atom. The van der Waals surface area contributed by atoms with E-state index in [2.05, 4.69) is 54.9 Å². The highest BCUT2D eigenvalue weighted by molar-refractivity contribution is 5.43. The average molecular weight is 290 g/mol. The van der Waals surface area contributed by atoms with Gasteiger partial charge in [-0.15, -0.1) is 0 Å². The second kappa shape index (κ2) is 6.75. The molecular formula is C17H30N4. The Morgan fingerprint density at radius 2 is 1.81 bits per heavy atom. The van der Waals surface area contributed by atoms with Crippen molar-refractivity contribution in [2.24, 2.45) is 0 Å². The van der Waals surface area contributed by atoms with Crippen molar-refractivity contribution < 1.29 is 0 Å². The molecule has 1 aliphatic rings. The Hall–Kier alpha value is -1.13. The highest BCUT2D eigenvalue weighted by atomic mass is 15.3. The fraction of sp³-hybridized carbons (Fsp3) is 0.706. The van der Waals surface area contributed by atoms with E-state index in [1.807, 2.05) is 7.05 Å². The molecule has 0 atom stereocenters. The number of pyridine rings is 1. The van der Waals surface area contributed by atoms with Crippen molar-refractivity contribution in [3.8, 4) is 0 Å². The molecule has 4 nitrogen and oxygen atoms in total. The van der Waals surface area contributed by atoms with E-state index in [9.17, 15) is 0 Å². The van der Waals surface area contributed by atoms with Gasteiger partial charge in [-0.1, -0.05) is 6.92 Å². The molecule has 4 heteroatoms. The zero-order chi connectivity index (χ0) is 15.5. The van der Waals surface area contributed by atoms with Crippen molar-refractivity contribution in [1.29, 1.82) is 0 Å². The Kier molecular flexibility index (Phi) is 5.22. The summed E-state index contributed by atoms with van der Waals surface area (Å²) in [5.74, 6) is 1.15. The summed E-state index contributed by atoms with van der Waals surface area (Å²) in [6, 6.07) is 4.45. The molecule has 0 saturated carbocycles. The maximum atomic E-state index is 4.82. The number of anilines is 1. The van der Waals surface area contributed by atoms with Gasteiger partial charge in [0.25, 0.3) is 0 Å². The quantitative estimate of drug-likeness (QED) is 0.922. The van der Waals surface area contributed by atoms with E-state index < -0.39 is 0 Å². The van der Waals surface area contributed by atoms with Gasteiger partial charge < -0.3 is 10.2 Å². The standard InChI is InChI=1S/C17H30N4/c1-6-15-11-14(13-18-5)12-16(19-15)20-7-9-21(10-8-20)17(2,3)4/h11-12,18H,6-10,13H2,1-5H3. The molecule has 118 valence electrons. The van der Waals surface area contributed by atoms with Gasteiger partial charge in [0.1, 0.15) is 5.82 Å². The molecule has 1 fully saturated rings. The van der Waals surface area contributed by atoms with Crippen LogP contribution in [-0.4, -0.2) is 48.6 Å². The van der Waals surface area contributed by atoms with E-state index in [-0.39, 0.29) is 5.54 Å². The first kappa shape index (κ1) is 16.2. The van der Waals surface area contributed by atoms with Crippen LogP contribution in [0, 0.1) is 0 Å². The lowest BCUT2D eigenvalue weighted by Crippen LogP contribution is -2.53. The molecule has 1 N–H and O–H groups in total. The lowest BCUT2D eigenvalue weighted by molar-refractivity contribution is 0.128. The van der Waals surface area contributed by atoms with Gasteiger partial charge in [0, 0.05) is 44.0 Å². The molecular weight excluding hydrogens is 260 g/mol. The van der Waals surface area contributed by atoms with Crippen LogP contribution in [-0.2, 0) is 13.0 Å². The summed E-state index contributed by atoms with van der Waals surface area (Å²) in [6.45, 7) is 14.3. The third kappa shape index (κ3) is 4.17. The first-order valence-corrected chi connectivity index (χ1v) is 8.08. The Bertz CT molecular complexity index is 456. The first-order chi connectivity index (χ1) is 9.94. The van der Waals surface area contributed by atoms with E-state index in [1.165, 1.54) is 11.3 Å². The molecule has 1 aromatic heterocycles. The van der Waals surface area contributed by atoms with Crippen molar-refractivity contribution >= 4 is 5.82 Å². The number of rotatable bonds is 4. The van der Waals surface area contributed by atoms with Crippen molar-refractivity contribution in [1.82, 2.24) is 15.2 Å². The topological polar surface area (TPSA) is 31.4 Å². The summed E-state index contributed by atoms with van der Waals surface area (Å²) in [5, 5.41) is 3.24. The van der Waals surface area contributed by atoms with Gasteiger partial charge in [-0.2, -0.15) is 0 Å². The second-order valence-corrected chi connectivity index (χ2v) is 6.85. The predicted octanol–water partition coefficient (Wildman–Crippen LogP) is 2.28. The number of aryl methyl sites for hydroxylation is 1. The number of nitrogens with zero attached hydrogens (tertiary/aromatic N) is 3. The zero-order valence-corrected chi connectivity index (χ0v) is 14.2. The van der Waals surface area contributed by atoms with E-state index in [4.69, 9.17) is 4.98 Å². The van der Waals surface area contributed by atoms with Crippen LogP contribution >= 0.6 is 0 Å². The number of aromatic nitrogens is 1. The van der Waals surface area contributed by atoms with Crippen LogP contribution in [0.15, 0.2) is 12.1 Å². The van der Waals surface area contributed by atoms with Crippen LogP contribution in [0.4, 0.5) is 5.82 Å². The lowest BCUT2D eigenvalue weighted by atomic mass is 10.0. The summed E-state index contributed by atoms with van der Waals surface area (Å²) in [4.78, 5) is 9.81. The summed E-state index contributed by atoms with van der Waals surface area (Å²) in [7, 11) is 1.99. The summed E-state index contributed by atoms with van der Waals surface area (Å²) in [5.41, 5.74) is 2.79. The van der Waals surface area contributed by atoms with Crippen molar-refractivity contribution in [3.63, 3.8) is 0 Å². The van der Waals surface area contributed by atoms with Gasteiger partial charge in [0.05, 0.1) is 0 Å². The Balaban J connectivity index is 2.10. The normalized spacial score (nSPS) is 17.3. The summed E-state index contributed by atoms with van der Waals surface area (Å²) >= 11 is 0. The molecule has 1 aromatic rings. The fourth-order valence-corrected chi connectivity index (χ4v) is 2.89. The molecule has 0 spiro atoms. The molecule has 1 aliphatic heterocycles. The molecule has 2 heterocycles. The van der Waals surface area contributed by atoms with E-state index in [1.54, 1.807) is 0 Å². The molecule has 1 saturated heterocycles. The number of hydrogen-bond acceptors (Lipinski definition) is 4. The molecule has 0 aromatic carbocycles. The smallest absolute Gasteiger partial charge is 0.129 e. The number of nitrogens with one attached hydrogen (secondary N) is 1. The first-order valence-electron chi connectivity index (χ1n) is 8.08. The third-order valence-corrected chi connectivity index (χ3v) is 4.22. The molecule has 0 unspecified atom stereocenters. The second-order valence-electron chi connectivity index (χ2n) is 6.85. The van der Waals surface area contributed by atoms with Crippen LogP contribution in [0.3, 0.4) is 0 Å². The molecule has 0 radical (unpaired) electrons. The minimum absolute atomic E-state index is 0.266. The van der Waals surface area contributed by atoms with Gasteiger partial charge >= 0.3 is 0 Å². The fourth-order valence-electron chi connectivity index (χ4n) is 2.89. The maximum absolute atomic E-state index is 4.82. The molecule has 0 aliphatic carbocycles. The largest absolute Gasteiger partial charge is 0.354 e. The van der Waals surface area contributed by atoms with Gasteiger partial charge in [-0.3, -0.25) is 4.90 Å². The van der Waals surface area contributed by atoms with Crippen LogP contribution in [0.1, 0.15) is 39.0 Å². The Morgan fingerprint density at radius 1 is 1.14 bits per heavy atom. The van der Waals surface area contributed by atoms with Crippen LogP contribution in [0.2, 0.25) is 0 Å². The molecule has 21 heavy (non-hydrogen) atoms. The maximum Gasteiger partial charge on any atom is 0.129 e. The average Bonchev–Trinajstić information content (AvgIpc) is 2.46. The Labute approximate surface area is 129 Å². The van der Waals surface area contributed by atoms with Crippen LogP contribution in [0.25, 0.3) is 0 Å². The SMILES string of the molecule is CCc1cc(CNC)cc(N2CCN(C(C)(C)C)CC2)n1. The van der Waals surface area contributed by atoms with Crippen molar-refractivity contribution in [2.75, 3.05) is 38.1 Å². The molecule has 0 bridgehead atoms. The van der Waals surface area contributed by atoms with Crippen molar-refractivity contribution in [2.45, 2.75) is 46.2 Å². The minimum atomic E-state index is 0.266. The van der Waals surface area contributed by atoms with Gasteiger partial charge in [0.2, 0.25) is 0 Å². The molecule has 0 amide bonds. The van der Waals surface area contributed by atoms with E-state index in [0.717, 1.165) is 45.0 Å². The lowest BCUT2D eigenvalue weighted by Gasteiger charge is -2.42. The van der Waals surface area contributed by atoms with E-state index >= 15 is 0 Å². The monoisotopic (exact) mass is 290 g/mol. The van der Waals surface area contributed by atoms with E-state index in [0.29, 0.717) is 0 Å². The zero-order valence-electron chi connectivity index (χ0n) is 14.2. The highest BCUT2D eigenvalue weighted by Crippen LogP contribution is 2.21. The molecule has 2 rings (SSSR count). The van der Waals surface area contributed by atoms with Gasteiger partial charge in [-0.25, -0.2) is 4.98 Å².